The maximum Gasteiger partial charge on any atom is 0.191 e. The molecule has 2 N–H and O–H groups in total. The number of ether oxygens (including phenoxy) is 2. The van der Waals surface area contributed by atoms with Gasteiger partial charge in [0, 0.05) is 25.0 Å². The first-order chi connectivity index (χ1) is 11.3. The molecule has 0 fully saturated rings. The Kier molecular flexibility index (Phi) is 8.31. The smallest absolute Gasteiger partial charge is 0.191 e. The molecule has 1 aromatic rings. The van der Waals surface area contributed by atoms with Gasteiger partial charge in [-0.05, 0) is 30.5 Å². The average molecular weight is 461 g/mol. The number of benzene rings is 1. The molecule has 0 saturated heterocycles. The van der Waals surface area contributed by atoms with Gasteiger partial charge in [0.05, 0.1) is 0 Å². The Morgan fingerprint density at radius 2 is 1.80 bits per heavy atom. The van der Waals surface area contributed by atoms with E-state index < -0.39 is 0 Å². The Labute approximate surface area is 169 Å². The molecule has 142 valence electrons. The first-order valence-electron chi connectivity index (χ1n) is 8.71. The molecule has 0 bridgehead atoms. The molecule has 1 aliphatic rings. The molecular weight excluding hydrogens is 429 g/mol. The van der Waals surface area contributed by atoms with Crippen LogP contribution in [0.25, 0.3) is 0 Å². The predicted molar refractivity (Wildman–Crippen MR) is 115 cm³/mol. The molecule has 0 saturated carbocycles. The summed E-state index contributed by atoms with van der Waals surface area (Å²) in [6, 6.07) is 6.57. The molecular formula is C19H32IN3O2. The van der Waals surface area contributed by atoms with Gasteiger partial charge >= 0.3 is 0 Å². The number of fused-ring (bicyclic) bond motifs is 1. The zero-order valence-corrected chi connectivity index (χ0v) is 18.5. The normalized spacial score (nSPS) is 15.4. The van der Waals surface area contributed by atoms with Crippen LogP contribution in [0, 0.1) is 5.92 Å². The molecule has 1 aliphatic heterocycles. The van der Waals surface area contributed by atoms with Gasteiger partial charge in [-0.2, -0.15) is 0 Å². The van der Waals surface area contributed by atoms with E-state index in [2.05, 4.69) is 62.4 Å². The van der Waals surface area contributed by atoms with E-state index in [1.807, 2.05) is 6.07 Å². The summed E-state index contributed by atoms with van der Waals surface area (Å²) >= 11 is 0. The van der Waals surface area contributed by atoms with Crippen LogP contribution in [0.5, 0.6) is 11.5 Å². The van der Waals surface area contributed by atoms with Crippen molar-refractivity contribution >= 4 is 29.9 Å². The lowest BCUT2D eigenvalue weighted by molar-refractivity contribution is 0.171. The van der Waals surface area contributed by atoms with E-state index in [0.29, 0.717) is 25.2 Å². The third kappa shape index (κ3) is 5.94. The lowest BCUT2D eigenvalue weighted by atomic mass is 9.84. The third-order valence-electron chi connectivity index (χ3n) is 4.61. The number of nitrogens with zero attached hydrogens (tertiary/aromatic N) is 1. The monoisotopic (exact) mass is 461 g/mol. The zero-order valence-electron chi connectivity index (χ0n) is 16.2. The van der Waals surface area contributed by atoms with Crippen LogP contribution < -0.4 is 20.1 Å². The van der Waals surface area contributed by atoms with Crippen molar-refractivity contribution in [2.75, 3.05) is 26.8 Å². The highest BCUT2D eigenvalue weighted by Gasteiger charge is 2.24. The summed E-state index contributed by atoms with van der Waals surface area (Å²) in [5, 5.41) is 6.88. The van der Waals surface area contributed by atoms with Crippen LogP contribution in [0.15, 0.2) is 23.2 Å². The van der Waals surface area contributed by atoms with E-state index in [4.69, 9.17) is 9.47 Å². The van der Waals surface area contributed by atoms with Crippen molar-refractivity contribution in [2.45, 2.75) is 46.1 Å². The molecule has 2 rings (SSSR count). The standard InChI is InChI=1S/C19H31N3O2.HI/c1-13(2)14(3)22-18(20-6)21-12-19(4,5)15-7-8-16-17(11-15)24-10-9-23-16;/h7-8,11,13-14H,9-10,12H2,1-6H3,(H2,20,21,22);1H. The minimum absolute atomic E-state index is 0. The molecule has 25 heavy (non-hydrogen) atoms. The molecule has 0 radical (unpaired) electrons. The largest absolute Gasteiger partial charge is 0.486 e. The first-order valence-corrected chi connectivity index (χ1v) is 8.71. The minimum Gasteiger partial charge on any atom is -0.486 e. The van der Waals surface area contributed by atoms with Crippen LogP contribution in [0.4, 0.5) is 0 Å². The maximum absolute atomic E-state index is 5.70. The van der Waals surface area contributed by atoms with E-state index in [-0.39, 0.29) is 29.4 Å². The van der Waals surface area contributed by atoms with E-state index in [1.165, 1.54) is 5.56 Å². The van der Waals surface area contributed by atoms with Crippen LogP contribution in [-0.4, -0.2) is 38.8 Å². The van der Waals surface area contributed by atoms with Gasteiger partial charge in [-0.15, -0.1) is 24.0 Å². The summed E-state index contributed by atoms with van der Waals surface area (Å²) < 4.78 is 11.3. The van der Waals surface area contributed by atoms with Crippen molar-refractivity contribution in [3.63, 3.8) is 0 Å². The highest BCUT2D eigenvalue weighted by atomic mass is 127. The number of nitrogens with one attached hydrogen (secondary N) is 2. The van der Waals surface area contributed by atoms with E-state index in [1.54, 1.807) is 7.05 Å². The lowest BCUT2D eigenvalue weighted by Crippen LogP contribution is -2.47. The number of hydrogen-bond acceptors (Lipinski definition) is 3. The lowest BCUT2D eigenvalue weighted by Gasteiger charge is -2.29. The Morgan fingerprint density at radius 3 is 2.40 bits per heavy atom. The number of aliphatic imine (C=N–C) groups is 1. The summed E-state index contributed by atoms with van der Waals surface area (Å²) in [6.07, 6.45) is 0. The SMILES string of the molecule is CN=C(NCC(C)(C)c1ccc2c(c1)OCCO2)NC(C)C(C)C.I. The van der Waals surface area contributed by atoms with Crippen molar-refractivity contribution in [2.24, 2.45) is 10.9 Å². The Hall–Kier alpha value is -1.18. The summed E-state index contributed by atoms with van der Waals surface area (Å²) in [6.45, 7) is 13.0. The molecule has 1 atom stereocenters. The van der Waals surface area contributed by atoms with Gasteiger partial charge in [0.2, 0.25) is 0 Å². The fourth-order valence-corrected chi connectivity index (χ4v) is 2.45. The fourth-order valence-electron chi connectivity index (χ4n) is 2.45. The molecule has 0 amide bonds. The molecule has 0 aliphatic carbocycles. The minimum atomic E-state index is -0.0610. The van der Waals surface area contributed by atoms with Crippen LogP contribution in [0.3, 0.4) is 0 Å². The number of rotatable bonds is 5. The Bertz CT molecular complexity index is 588. The van der Waals surface area contributed by atoms with Gasteiger partial charge in [-0.3, -0.25) is 4.99 Å². The highest BCUT2D eigenvalue weighted by Crippen LogP contribution is 2.34. The molecule has 5 nitrogen and oxygen atoms in total. The van der Waals surface area contributed by atoms with Crippen LogP contribution in [0.1, 0.15) is 40.2 Å². The summed E-state index contributed by atoms with van der Waals surface area (Å²) in [5.74, 6) is 3.05. The van der Waals surface area contributed by atoms with Crippen LogP contribution in [0.2, 0.25) is 0 Å². The van der Waals surface area contributed by atoms with Gasteiger partial charge < -0.3 is 20.1 Å². The second kappa shape index (κ2) is 9.50. The van der Waals surface area contributed by atoms with E-state index >= 15 is 0 Å². The average Bonchev–Trinajstić information content (AvgIpc) is 2.57. The van der Waals surface area contributed by atoms with Gasteiger partial charge in [0.15, 0.2) is 17.5 Å². The van der Waals surface area contributed by atoms with Crippen LogP contribution in [-0.2, 0) is 5.41 Å². The van der Waals surface area contributed by atoms with Crippen molar-refractivity contribution in [1.82, 2.24) is 10.6 Å². The Morgan fingerprint density at radius 1 is 1.16 bits per heavy atom. The summed E-state index contributed by atoms with van der Waals surface area (Å²) in [4.78, 5) is 4.33. The van der Waals surface area contributed by atoms with Gasteiger partial charge in [0.1, 0.15) is 13.2 Å². The molecule has 1 heterocycles. The molecule has 1 unspecified atom stereocenters. The molecule has 0 aromatic heterocycles. The number of hydrogen-bond donors (Lipinski definition) is 2. The zero-order chi connectivity index (χ0) is 17.7. The fraction of sp³-hybridized carbons (Fsp3) is 0.632. The molecule has 0 spiro atoms. The van der Waals surface area contributed by atoms with Crippen molar-refractivity contribution in [1.29, 1.82) is 0 Å². The Balaban J connectivity index is 0.00000312. The molecule has 1 aromatic carbocycles. The molecule has 6 heteroatoms. The second-order valence-electron chi connectivity index (χ2n) is 7.35. The third-order valence-corrected chi connectivity index (χ3v) is 4.61. The highest BCUT2D eigenvalue weighted by molar-refractivity contribution is 14.0. The summed E-state index contributed by atoms with van der Waals surface area (Å²) in [5.41, 5.74) is 1.15. The van der Waals surface area contributed by atoms with Gasteiger partial charge in [-0.1, -0.05) is 33.8 Å². The van der Waals surface area contributed by atoms with Crippen molar-refractivity contribution in [3.05, 3.63) is 23.8 Å². The van der Waals surface area contributed by atoms with Crippen molar-refractivity contribution < 1.29 is 9.47 Å². The predicted octanol–water partition coefficient (Wildman–Crippen LogP) is 3.56. The second-order valence-corrected chi connectivity index (χ2v) is 7.35. The van der Waals surface area contributed by atoms with Crippen molar-refractivity contribution in [3.8, 4) is 11.5 Å². The number of guanidine groups is 1. The van der Waals surface area contributed by atoms with Crippen LogP contribution >= 0.6 is 24.0 Å². The first kappa shape index (κ1) is 21.9. The van der Waals surface area contributed by atoms with E-state index in [0.717, 1.165) is 24.0 Å². The number of halogens is 1. The summed E-state index contributed by atoms with van der Waals surface area (Å²) in [7, 11) is 1.81. The topological polar surface area (TPSA) is 54.9 Å². The maximum atomic E-state index is 5.70. The van der Waals surface area contributed by atoms with Gasteiger partial charge in [0.25, 0.3) is 0 Å². The van der Waals surface area contributed by atoms with E-state index in [9.17, 15) is 0 Å². The van der Waals surface area contributed by atoms with Gasteiger partial charge in [-0.25, -0.2) is 0 Å². The quantitative estimate of drug-likeness (QED) is 0.400.